The summed E-state index contributed by atoms with van der Waals surface area (Å²) in [7, 11) is 7.27. The van der Waals surface area contributed by atoms with E-state index in [9.17, 15) is 40.4 Å². The number of piperazine rings is 2. The van der Waals surface area contributed by atoms with Crippen LogP contribution in [0.25, 0.3) is 21.8 Å². The molecule has 8 bridgehead atoms. The number of thioether (sulfide) groups is 2. The molecule has 613 valence electrons. The van der Waals surface area contributed by atoms with Crippen molar-refractivity contribution < 1.29 is 106 Å². The molecule has 28 nitrogen and oxygen atoms in total. The molecule has 1 radical (unpaired) electrons. The van der Waals surface area contributed by atoms with Gasteiger partial charge < -0.3 is 78.6 Å². The van der Waals surface area contributed by atoms with Gasteiger partial charge in [-0.15, -0.1) is 33.6 Å². The number of hydrogen-bond acceptors (Lipinski definition) is 26. The van der Waals surface area contributed by atoms with Crippen molar-refractivity contribution in [3.8, 4) is 52.1 Å². The normalized spacial score (nSPS) is 29.5. The van der Waals surface area contributed by atoms with Crippen molar-refractivity contribution in [3.63, 3.8) is 0 Å². The van der Waals surface area contributed by atoms with Crippen LogP contribution in [0.5, 0.6) is 46.0 Å². The Morgan fingerprint density at radius 3 is 1.43 bits per heavy atom. The van der Waals surface area contributed by atoms with Crippen LogP contribution in [0.3, 0.4) is 0 Å². The molecule has 14 aliphatic rings. The van der Waals surface area contributed by atoms with Crippen molar-refractivity contribution in [1.82, 2.24) is 40.2 Å². The van der Waals surface area contributed by atoms with Crippen molar-refractivity contribution in [2.45, 2.75) is 183 Å². The number of hydrogen-bond donors (Lipinski definition) is 10. The molecule has 22 rings (SSSR count). The number of carbonyl (C=O) groups excluding carboxylic acids is 2. The molecule has 2 aromatic heterocycles. The first-order valence-electron chi connectivity index (χ1n) is 38.4. The van der Waals surface area contributed by atoms with Crippen LogP contribution in [0.1, 0.15) is 154 Å². The minimum atomic E-state index is -1.50. The van der Waals surface area contributed by atoms with Crippen molar-refractivity contribution in [1.29, 1.82) is 5.26 Å². The fraction of sp³-hybridized carbons (Fsp3) is 0.488. The summed E-state index contributed by atoms with van der Waals surface area (Å²) in [5.74, 6) is 3.45. The van der Waals surface area contributed by atoms with E-state index in [1.165, 1.54) is 0 Å². The molecule has 8 aromatic rings. The van der Waals surface area contributed by atoms with E-state index in [-0.39, 0.29) is 152 Å². The van der Waals surface area contributed by atoms with Gasteiger partial charge in [0.15, 0.2) is 57.1 Å². The largest absolute Gasteiger partial charge is 0.504 e. The number of aliphatic hydroxyl groups excluding tert-OH is 3. The molecule has 14 aliphatic heterocycles. The predicted molar refractivity (Wildman–Crippen MR) is 424 cm³/mol. The Morgan fingerprint density at radius 2 is 1.01 bits per heavy atom. The molecule has 0 aliphatic carbocycles. The third kappa shape index (κ3) is 11.6. The summed E-state index contributed by atoms with van der Waals surface area (Å²) >= 11 is 3.29. The number of aromatic hydroxyl groups is 2. The Bertz CT molecular complexity index is 5420. The van der Waals surface area contributed by atoms with Gasteiger partial charge in [-0.3, -0.25) is 30.2 Å². The van der Waals surface area contributed by atoms with Gasteiger partial charge in [0.05, 0.1) is 75.1 Å². The quantitative estimate of drug-likeness (QED) is 0.0339. The zero-order valence-corrected chi connectivity index (χ0v) is 68.2. The van der Waals surface area contributed by atoms with Crippen molar-refractivity contribution in [2.24, 2.45) is 0 Å². The number of esters is 2. The molecule has 115 heavy (non-hydrogen) atoms. The molecule has 16 heterocycles. The molecule has 31 heteroatoms. The van der Waals surface area contributed by atoms with Crippen LogP contribution in [-0.2, 0) is 78.2 Å². The molecule has 6 aromatic carbocycles. The van der Waals surface area contributed by atoms with Crippen LogP contribution in [0.15, 0.2) is 48.5 Å². The second-order valence-corrected chi connectivity index (χ2v) is 34.7. The smallest absolute Gasteiger partial charge is 0.333 e. The maximum absolute atomic E-state index is 15.0. The number of nitrogens with zero attached hydrogens (tertiary/aromatic N) is 6. The van der Waals surface area contributed by atoms with E-state index in [4.69, 9.17) is 53.2 Å². The van der Waals surface area contributed by atoms with Crippen LogP contribution in [-0.4, -0.2) is 206 Å². The summed E-state index contributed by atoms with van der Waals surface area (Å²) in [6.07, 6.45) is 1.25. The molecular formula is C84H96AgN10O18S2. The molecule has 10 N–H and O–H groups in total. The number of H-pyrrole nitrogens is 2. The number of aryl methyl sites for hydroxylation is 4. The number of rotatable bonds is 4. The number of benzene rings is 6. The van der Waals surface area contributed by atoms with Gasteiger partial charge in [-0.1, -0.05) is 42.8 Å². The van der Waals surface area contributed by atoms with Gasteiger partial charge in [-0.25, -0.2) is 9.59 Å². The number of nitriles is 1. The monoisotopic (exact) mass is 1700 g/mol. The van der Waals surface area contributed by atoms with E-state index < -0.39 is 52.5 Å². The van der Waals surface area contributed by atoms with E-state index in [0.717, 1.165) is 133 Å². The molecule has 16 atom stereocenters. The average molecular weight is 1710 g/mol. The zero-order valence-electron chi connectivity index (χ0n) is 65.1. The van der Waals surface area contributed by atoms with Crippen LogP contribution in [0.2, 0.25) is 0 Å². The van der Waals surface area contributed by atoms with Crippen molar-refractivity contribution in [3.05, 3.63) is 170 Å². The SMILES string of the molecule is C.COc1c(C)cc2c(c1O)[C@@H]1[C@@H]3[C@@H]4SC[C@]5(N[C@@H](CO)Cc6c5[nH]c5ccc(C)cc65)C(=O)OC[C@@H](c5c6c(c(C)c(C)c54)OCO6)N3[C@@H](C#N)[C@H](C2)N1C.COc1c(C)cc2c(c1O)[C@@H]1[C@@H]3[C@@H]4SC[C@]5(N[C@@H](CO)Cc6c5[nH]c5ccc(C)cc65)C(=O)OC[C@@H](c5c6c(c(C)c(C)c54)OCO6)N3[C@@H](O)[C@H](C2)N1C.O=[N+]([O-])O.[Ag]. The number of likely N-dealkylation sites (N-methyl/N-ethyl adjacent to an activating group) is 2. The maximum atomic E-state index is 15.0. The molecule has 0 amide bonds. The first-order valence-corrected chi connectivity index (χ1v) is 40.5. The van der Waals surface area contributed by atoms with Gasteiger partial charge in [0, 0.05) is 119 Å². The van der Waals surface area contributed by atoms with Gasteiger partial charge in [0.1, 0.15) is 25.5 Å². The summed E-state index contributed by atoms with van der Waals surface area (Å²) in [4.78, 5) is 54.4. The van der Waals surface area contributed by atoms with Crippen LogP contribution in [0, 0.1) is 76.8 Å². The minimum Gasteiger partial charge on any atom is -0.504 e. The van der Waals surface area contributed by atoms with E-state index in [1.54, 1.807) is 37.7 Å². The number of carbonyl (C=O) groups is 2. The Kier molecular flexibility index (Phi) is 20.6. The summed E-state index contributed by atoms with van der Waals surface area (Å²) in [6.45, 7) is 16.1. The summed E-state index contributed by atoms with van der Waals surface area (Å²) in [6, 6.07) is 15.0. The zero-order chi connectivity index (χ0) is 79.3. The fourth-order valence-electron chi connectivity index (χ4n) is 21.8. The van der Waals surface area contributed by atoms with Crippen LogP contribution >= 0.6 is 23.5 Å². The van der Waals surface area contributed by atoms with E-state index in [0.29, 0.717) is 60.2 Å². The number of phenolic OH excluding ortho intramolecular Hbond substituents is 2. The predicted octanol–water partition coefficient (Wildman–Crippen LogP) is 9.33. The maximum Gasteiger partial charge on any atom is 0.333 e. The van der Waals surface area contributed by atoms with Crippen LogP contribution in [0.4, 0.5) is 0 Å². The third-order valence-electron chi connectivity index (χ3n) is 26.8. The van der Waals surface area contributed by atoms with Gasteiger partial charge >= 0.3 is 11.9 Å². The van der Waals surface area contributed by atoms with E-state index >= 15 is 0 Å². The number of nitrogens with one attached hydrogen (secondary N) is 4. The molecule has 4 saturated heterocycles. The number of aromatic nitrogens is 2. The Balaban J connectivity index is 0.000000163. The molecule has 0 unspecified atom stereocenters. The van der Waals surface area contributed by atoms with Crippen molar-refractivity contribution >= 4 is 57.3 Å². The Labute approximate surface area is 689 Å². The second kappa shape index (κ2) is 29.5. The summed E-state index contributed by atoms with van der Waals surface area (Å²) in [5.41, 5.74) is 18.3. The van der Waals surface area contributed by atoms with Gasteiger partial charge in [0.25, 0.3) is 5.09 Å². The van der Waals surface area contributed by atoms with Crippen molar-refractivity contribution in [2.75, 3.05) is 79.8 Å². The number of fused-ring (bicyclic) bond motifs is 22. The minimum absolute atomic E-state index is 0. The number of aromatic amines is 2. The third-order valence-corrected chi connectivity index (χ3v) is 29.8. The summed E-state index contributed by atoms with van der Waals surface area (Å²) in [5, 5.41) is 91.5. The molecule has 4 fully saturated rings. The standard InChI is InChI=1S/C42H45N5O7S.C41H46N4O8S.CH4.Ag.HNO3/c1-18-7-8-26-24(9-18)25-12-23(14-48)45-42(40(25)44-26)16-55-39-30-20(3)21(4)37-38(54-17-53-37)32(30)29(15-52-41(42)50)47-28(13-43)27-11-22-10-19(2)36(51-6)35(49)31(22)33(34(39)47)46(27)5;1-17-7-8-25-23(9-17)24-12-22(13-46)43-41(38(24)42-25)15-54-37-28-19(3)20(4)35-36(53-16-52-35)30(28)27(14-51-40(41)49)45-32(37)31-29-21(11-26(39(45)48)44(31)5)10-18(2)34(50-6)33(29)47;;;2-1(3)4/h7-10,23,27-29,33-34,39,44-45,48-49H,11-12,14-17H2,1-6H3;7-10,22,26-27,31-32,37,39,42-43,46-48H,11-16H2,1-6H3;1H4;;(H,2,3,4)/t23-,27+,28+,29+,33-,34-,39-,42-;22-,26+,27+,31-,32-,37-,39+,41-;;;/m11.../s1. The number of methoxy groups -OCH3 is 2. The second-order valence-electron chi connectivity index (χ2n) is 32.5. The first-order chi connectivity index (χ1) is 54.2. The van der Waals surface area contributed by atoms with Crippen LogP contribution < -0.4 is 39.1 Å². The Morgan fingerprint density at radius 1 is 0.600 bits per heavy atom. The molecule has 2 spiro atoms. The number of aliphatic hydroxyl groups is 3. The molecular weight excluding hydrogens is 1610 g/mol. The summed E-state index contributed by atoms with van der Waals surface area (Å²) < 4.78 is 49.4. The topological polar surface area (TPSA) is 365 Å². The average Bonchev–Trinajstić information content (AvgIpc) is 1.24. The van der Waals surface area contributed by atoms with Gasteiger partial charge in [0.2, 0.25) is 13.6 Å². The number of phenols is 2. The fourth-order valence-corrected chi connectivity index (χ4v) is 25.2. The van der Waals surface area contributed by atoms with E-state index in [1.807, 2.05) is 33.0 Å². The Hall–Kier alpha value is -8.49. The van der Waals surface area contributed by atoms with E-state index in [2.05, 4.69) is 131 Å². The van der Waals surface area contributed by atoms with Gasteiger partial charge in [-0.2, -0.15) is 5.26 Å². The van der Waals surface area contributed by atoms with Gasteiger partial charge in [-0.05, 0) is 186 Å². The number of ether oxygens (including phenoxy) is 8. The molecule has 0 saturated carbocycles. The first kappa shape index (κ1) is 80.3.